The molecule has 2 bridgehead atoms. The summed E-state index contributed by atoms with van der Waals surface area (Å²) >= 11 is 0. The molecular formula is C20H26N4O. The highest BCUT2D eigenvalue weighted by atomic mass is 16.2. The molecular weight excluding hydrogens is 312 g/mol. The van der Waals surface area contributed by atoms with Crippen LogP contribution < -0.4 is 5.32 Å². The van der Waals surface area contributed by atoms with Gasteiger partial charge >= 0.3 is 0 Å². The summed E-state index contributed by atoms with van der Waals surface area (Å²) in [7, 11) is 0. The quantitative estimate of drug-likeness (QED) is 0.904. The van der Waals surface area contributed by atoms with Crippen LogP contribution in [0, 0.1) is 5.92 Å². The van der Waals surface area contributed by atoms with Crippen LogP contribution in [0.15, 0.2) is 18.2 Å². The molecule has 1 aliphatic carbocycles. The second-order valence-electron chi connectivity index (χ2n) is 8.08. The molecule has 2 aromatic rings. The van der Waals surface area contributed by atoms with Crippen molar-refractivity contribution >= 4 is 16.8 Å². The largest absolute Gasteiger partial charge is 0.346 e. The van der Waals surface area contributed by atoms with Gasteiger partial charge < -0.3 is 10.2 Å². The molecule has 0 radical (unpaired) electrons. The van der Waals surface area contributed by atoms with E-state index < -0.39 is 0 Å². The van der Waals surface area contributed by atoms with Gasteiger partial charge in [0, 0.05) is 18.0 Å². The van der Waals surface area contributed by atoms with Crippen LogP contribution in [0.3, 0.4) is 0 Å². The molecule has 2 N–H and O–H groups in total. The van der Waals surface area contributed by atoms with Gasteiger partial charge in [-0.25, -0.2) is 0 Å². The highest BCUT2D eigenvalue weighted by Crippen LogP contribution is 2.35. The maximum Gasteiger partial charge on any atom is 0.272 e. The number of aromatic nitrogens is 2. The van der Waals surface area contributed by atoms with Gasteiger partial charge in [-0.1, -0.05) is 25.0 Å². The number of aromatic amines is 1. The molecule has 5 nitrogen and oxygen atoms in total. The maximum atomic E-state index is 12.8. The summed E-state index contributed by atoms with van der Waals surface area (Å²) in [5, 5.41) is 11.6. The highest BCUT2D eigenvalue weighted by Gasteiger charge is 2.35. The number of rotatable bonds is 3. The second kappa shape index (κ2) is 6.13. The minimum atomic E-state index is -0.0291. The molecule has 1 amide bonds. The zero-order valence-corrected chi connectivity index (χ0v) is 14.6. The molecule has 0 spiro atoms. The first-order valence-corrected chi connectivity index (χ1v) is 9.79. The van der Waals surface area contributed by atoms with E-state index >= 15 is 0 Å². The lowest BCUT2D eigenvalue weighted by atomic mass is 9.84. The van der Waals surface area contributed by atoms with Gasteiger partial charge in [-0.05, 0) is 62.2 Å². The van der Waals surface area contributed by atoms with Gasteiger partial charge in [-0.3, -0.25) is 9.89 Å². The second-order valence-corrected chi connectivity index (χ2v) is 8.08. The third kappa shape index (κ3) is 2.74. The number of hydrogen-bond acceptors (Lipinski definition) is 3. The predicted octanol–water partition coefficient (Wildman–Crippen LogP) is 3.04. The van der Waals surface area contributed by atoms with Crippen LogP contribution in [-0.2, 0) is 0 Å². The van der Waals surface area contributed by atoms with Gasteiger partial charge in [-0.15, -0.1) is 0 Å². The molecule has 1 aromatic carbocycles. The van der Waals surface area contributed by atoms with E-state index in [9.17, 15) is 4.79 Å². The summed E-state index contributed by atoms with van der Waals surface area (Å²) in [6.07, 6.45) is 7.64. The van der Waals surface area contributed by atoms with Crippen molar-refractivity contribution < 1.29 is 4.79 Å². The van der Waals surface area contributed by atoms with Crippen molar-refractivity contribution in [2.75, 3.05) is 19.6 Å². The molecule has 1 aromatic heterocycles. The molecule has 132 valence electrons. The van der Waals surface area contributed by atoms with E-state index in [0.717, 1.165) is 17.4 Å². The lowest BCUT2D eigenvalue weighted by Crippen LogP contribution is -2.57. The molecule has 0 unspecified atom stereocenters. The Labute approximate surface area is 148 Å². The fourth-order valence-corrected chi connectivity index (χ4v) is 5.09. The minimum absolute atomic E-state index is 0.0291. The topological polar surface area (TPSA) is 61.0 Å². The number of benzene rings is 1. The Kier molecular flexibility index (Phi) is 3.77. The van der Waals surface area contributed by atoms with Crippen molar-refractivity contribution in [3.63, 3.8) is 0 Å². The SMILES string of the molecule is O=C(N[C@@H]1CN2CCC1CC2)c1n[nH]c2cc(C3CCCC3)ccc12. The van der Waals surface area contributed by atoms with E-state index in [1.54, 1.807) is 0 Å². The number of amides is 1. The summed E-state index contributed by atoms with van der Waals surface area (Å²) in [5.41, 5.74) is 2.92. The number of piperidine rings is 3. The van der Waals surface area contributed by atoms with Crippen LogP contribution >= 0.6 is 0 Å². The minimum Gasteiger partial charge on any atom is -0.346 e. The standard InChI is InChI=1S/C20H26N4O/c25-20(21-18-12-24-9-7-14(18)8-10-24)19-16-6-5-15(11-17(16)22-23-19)13-3-1-2-4-13/h5-6,11,13-14,18H,1-4,7-10,12H2,(H,21,25)(H,22,23)/t18-/m1/s1. The average molecular weight is 338 g/mol. The van der Waals surface area contributed by atoms with Crippen molar-refractivity contribution in [3.8, 4) is 0 Å². The normalized spacial score (nSPS) is 29.4. The van der Waals surface area contributed by atoms with Crippen LogP contribution in [0.1, 0.15) is 60.5 Å². The van der Waals surface area contributed by atoms with Crippen LogP contribution in [0.4, 0.5) is 0 Å². The van der Waals surface area contributed by atoms with Crippen LogP contribution in [0.2, 0.25) is 0 Å². The first-order chi connectivity index (χ1) is 12.3. The molecule has 5 heteroatoms. The molecule has 4 aliphatic rings. The van der Waals surface area contributed by atoms with Gasteiger partial charge in [0.25, 0.3) is 5.91 Å². The number of nitrogens with zero attached hydrogens (tertiary/aromatic N) is 2. The Morgan fingerprint density at radius 1 is 1.16 bits per heavy atom. The van der Waals surface area contributed by atoms with E-state index in [0.29, 0.717) is 17.5 Å². The molecule has 6 rings (SSSR count). The fraction of sp³-hybridized carbons (Fsp3) is 0.600. The van der Waals surface area contributed by atoms with Crippen molar-refractivity contribution in [3.05, 3.63) is 29.5 Å². The Morgan fingerprint density at radius 3 is 2.68 bits per heavy atom. The number of H-pyrrole nitrogens is 1. The zero-order chi connectivity index (χ0) is 16.8. The van der Waals surface area contributed by atoms with E-state index in [1.807, 2.05) is 0 Å². The Morgan fingerprint density at radius 2 is 1.96 bits per heavy atom. The molecule has 3 aliphatic heterocycles. The van der Waals surface area contributed by atoms with Crippen molar-refractivity contribution in [2.24, 2.45) is 5.92 Å². The van der Waals surface area contributed by atoms with Crippen molar-refractivity contribution in [2.45, 2.75) is 50.5 Å². The summed E-state index contributed by atoms with van der Waals surface area (Å²) in [6.45, 7) is 3.36. The lowest BCUT2D eigenvalue weighted by molar-refractivity contribution is 0.0618. The number of carbonyl (C=O) groups excluding carboxylic acids is 1. The number of hydrogen-bond donors (Lipinski definition) is 2. The van der Waals surface area contributed by atoms with E-state index in [1.165, 1.54) is 57.2 Å². The molecule has 3 saturated heterocycles. The molecule has 4 heterocycles. The van der Waals surface area contributed by atoms with Gasteiger partial charge in [-0.2, -0.15) is 5.10 Å². The Bertz CT molecular complexity index is 784. The van der Waals surface area contributed by atoms with Gasteiger partial charge in [0.05, 0.1) is 5.52 Å². The number of nitrogens with one attached hydrogen (secondary N) is 2. The van der Waals surface area contributed by atoms with E-state index in [2.05, 4.69) is 38.6 Å². The fourth-order valence-electron chi connectivity index (χ4n) is 5.09. The maximum absolute atomic E-state index is 12.8. The van der Waals surface area contributed by atoms with Crippen LogP contribution in [-0.4, -0.2) is 46.7 Å². The monoisotopic (exact) mass is 338 g/mol. The summed E-state index contributed by atoms with van der Waals surface area (Å²) in [4.78, 5) is 15.3. The van der Waals surface area contributed by atoms with Gasteiger partial charge in [0.15, 0.2) is 5.69 Å². The number of carbonyl (C=O) groups is 1. The Hall–Kier alpha value is -1.88. The first-order valence-electron chi connectivity index (χ1n) is 9.79. The first kappa shape index (κ1) is 15.4. The van der Waals surface area contributed by atoms with Crippen LogP contribution in [0.5, 0.6) is 0 Å². The van der Waals surface area contributed by atoms with Crippen molar-refractivity contribution in [1.82, 2.24) is 20.4 Å². The molecule has 4 fully saturated rings. The third-order valence-electron chi connectivity index (χ3n) is 6.60. The van der Waals surface area contributed by atoms with Gasteiger partial charge in [0.2, 0.25) is 0 Å². The van der Waals surface area contributed by atoms with E-state index in [-0.39, 0.29) is 11.9 Å². The molecule has 1 saturated carbocycles. The Balaban J connectivity index is 1.36. The molecule has 25 heavy (non-hydrogen) atoms. The van der Waals surface area contributed by atoms with E-state index in [4.69, 9.17) is 0 Å². The van der Waals surface area contributed by atoms with Crippen molar-refractivity contribution in [1.29, 1.82) is 0 Å². The third-order valence-corrected chi connectivity index (χ3v) is 6.60. The smallest absolute Gasteiger partial charge is 0.272 e. The predicted molar refractivity (Wildman–Crippen MR) is 97.7 cm³/mol. The summed E-state index contributed by atoms with van der Waals surface area (Å²) in [6, 6.07) is 6.75. The number of fused-ring (bicyclic) bond motifs is 4. The zero-order valence-electron chi connectivity index (χ0n) is 14.6. The lowest BCUT2D eigenvalue weighted by Gasteiger charge is -2.44. The van der Waals surface area contributed by atoms with Gasteiger partial charge in [0.1, 0.15) is 0 Å². The average Bonchev–Trinajstić information content (AvgIpc) is 3.32. The summed E-state index contributed by atoms with van der Waals surface area (Å²) < 4.78 is 0. The summed E-state index contributed by atoms with van der Waals surface area (Å²) in [5.74, 6) is 1.28. The van der Waals surface area contributed by atoms with Crippen LogP contribution in [0.25, 0.3) is 10.9 Å². The highest BCUT2D eigenvalue weighted by molar-refractivity contribution is 6.04. The molecule has 1 atom stereocenters.